The van der Waals surface area contributed by atoms with Crippen LogP contribution >= 0.6 is 0 Å². The molecule has 5 nitrogen and oxygen atoms in total. The highest BCUT2D eigenvalue weighted by atomic mass is 16.5. The molecule has 5 heteroatoms. The summed E-state index contributed by atoms with van der Waals surface area (Å²) in [6.45, 7) is 2.70. The number of rotatable bonds is 6. The number of aryl methyl sites for hydroxylation is 1. The molecule has 1 saturated carbocycles. The molecule has 0 saturated heterocycles. The molecule has 0 radical (unpaired) electrons. The normalized spacial score (nSPS) is 17.1. The molecule has 0 spiro atoms. The van der Waals surface area contributed by atoms with Crippen LogP contribution in [-0.4, -0.2) is 42.4 Å². The molecule has 1 aromatic carbocycles. The Bertz CT molecular complexity index is 764. The molecule has 25 heavy (non-hydrogen) atoms. The van der Waals surface area contributed by atoms with Gasteiger partial charge >= 0.3 is 5.63 Å². The van der Waals surface area contributed by atoms with Crippen molar-refractivity contribution in [2.75, 3.05) is 20.2 Å². The molecule has 1 fully saturated rings. The van der Waals surface area contributed by atoms with Gasteiger partial charge in [0.2, 0.25) is 0 Å². The molecular formula is C20H27NO4. The third-order valence-electron chi connectivity index (χ3n) is 5.06. The third kappa shape index (κ3) is 4.61. The van der Waals surface area contributed by atoms with Crippen LogP contribution in [0.5, 0.6) is 5.75 Å². The second-order valence-electron chi connectivity index (χ2n) is 7.10. The Labute approximate surface area is 148 Å². The largest absolute Gasteiger partial charge is 0.491 e. The van der Waals surface area contributed by atoms with Crippen LogP contribution in [0, 0.1) is 6.92 Å². The average molecular weight is 345 g/mol. The van der Waals surface area contributed by atoms with E-state index in [1.54, 1.807) is 6.07 Å². The SMILES string of the molecule is Cc1cc(=O)oc2cc(OCC(O)CN(C)C3CCCCC3)ccc12. The van der Waals surface area contributed by atoms with Gasteiger partial charge < -0.3 is 19.2 Å². The molecule has 136 valence electrons. The van der Waals surface area contributed by atoms with Crippen molar-refractivity contribution in [3.8, 4) is 5.75 Å². The zero-order valence-electron chi connectivity index (χ0n) is 15.0. The molecule has 1 aromatic heterocycles. The first kappa shape index (κ1) is 18.0. The fourth-order valence-corrected chi connectivity index (χ4v) is 3.64. The molecular weight excluding hydrogens is 318 g/mol. The summed E-state index contributed by atoms with van der Waals surface area (Å²) >= 11 is 0. The average Bonchev–Trinajstić information content (AvgIpc) is 2.60. The topological polar surface area (TPSA) is 62.9 Å². The van der Waals surface area contributed by atoms with Gasteiger partial charge in [0.25, 0.3) is 0 Å². The Kier molecular flexibility index (Phi) is 5.76. The van der Waals surface area contributed by atoms with Crippen molar-refractivity contribution in [1.82, 2.24) is 4.90 Å². The lowest BCUT2D eigenvalue weighted by molar-refractivity contribution is 0.0562. The van der Waals surface area contributed by atoms with Gasteiger partial charge in [0, 0.05) is 30.1 Å². The lowest BCUT2D eigenvalue weighted by Crippen LogP contribution is -2.40. The van der Waals surface area contributed by atoms with Gasteiger partial charge in [-0.1, -0.05) is 19.3 Å². The van der Waals surface area contributed by atoms with E-state index >= 15 is 0 Å². The minimum absolute atomic E-state index is 0.221. The van der Waals surface area contributed by atoms with E-state index in [0.29, 0.717) is 23.9 Å². The molecule has 1 aliphatic rings. The fraction of sp³-hybridized carbons (Fsp3) is 0.550. The number of benzene rings is 1. The minimum Gasteiger partial charge on any atom is -0.491 e. The van der Waals surface area contributed by atoms with Gasteiger partial charge in [0.15, 0.2) is 0 Å². The maximum atomic E-state index is 11.5. The van der Waals surface area contributed by atoms with E-state index < -0.39 is 6.10 Å². The van der Waals surface area contributed by atoms with Gasteiger partial charge in [-0.25, -0.2) is 4.79 Å². The monoisotopic (exact) mass is 345 g/mol. The van der Waals surface area contributed by atoms with E-state index in [1.165, 1.54) is 38.2 Å². The molecule has 2 aromatic rings. The highest BCUT2D eigenvalue weighted by Crippen LogP contribution is 2.23. The maximum Gasteiger partial charge on any atom is 0.336 e. The highest BCUT2D eigenvalue weighted by Gasteiger charge is 2.20. The number of ether oxygens (including phenoxy) is 1. The number of fused-ring (bicyclic) bond motifs is 1. The van der Waals surface area contributed by atoms with Gasteiger partial charge in [0.1, 0.15) is 24.0 Å². The van der Waals surface area contributed by atoms with Crippen LogP contribution in [0.4, 0.5) is 0 Å². The van der Waals surface area contributed by atoms with Gasteiger partial charge in [0.05, 0.1) is 0 Å². The second kappa shape index (κ2) is 8.02. The first-order valence-electron chi connectivity index (χ1n) is 9.08. The molecule has 1 N–H and O–H groups in total. The summed E-state index contributed by atoms with van der Waals surface area (Å²) in [5.74, 6) is 0.598. The molecule has 0 aliphatic heterocycles. The number of aliphatic hydroxyl groups is 1. The number of nitrogens with zero attached hydrogens (tertiary/aromatic N) is 1. The Hall–Kier alpha value is -1.85. The fourth-order valence-electron chi connectivity index (χ4n) is 3.64. The molecule has 1 heterocycles. The van der Waals surface area contributed by atoms with Crippen molar-refractivity contribution in [3.05, 3.63) is 40.2 Å². The summed E-state index contributed by atoms with van der Waals surface area (Å²) in [7, 11) is 2.08. The second-order valence-corrected chi connectivity index (χ2v) is 7.10. The standard InChI is InChI=1S/C20H27NO4/c1-14-10-20(23)25-19-11-17(8-9-18(14)19)24-13-16(22)12-21(2)15-6-4-3-5-7-15/h8-11,15-16,22H,3-7,12-13H2,1-2H3. The van der Waals surface area contributed by atoms with Crippen molar-refractivity contribution in [3.63, 3.8) is 0 Å². The lowest BCUT2D eigenvalue weighted by atomic mass is 9.94. The summed E-state index contributed by atoms with van der Waals surface area (Å²) in [5, 5.41) is 11.2. The molecule has 0 bridgehead atoms. The van der Waals surface area contributed by atoms with E-state index in [2.05, 4.69) is 11.9 Å². The highest BCUT2D eigenvalue weighted by molar-refractivity contribution is 5.81. The van der Waals surface area contributed by atoms with Crippen molar-refractivity contribution in [1.29, 1.82) is 0 Å². The first-order chi connectivity index (χ1) is 12.0. The van der Waals surface area contributed by atoms with E-state index in [4.69, 9.17) is 9.15 Å². The van der Waals surface area contributed by atoms with Crippen LogP contribution in [0.2, 0.25) is 0 Å². The van der Waals surface area contributed by atoms with E-state index in [0.717, 1.165) is 10.9 Å². The van der Waals surface area contributed by atoms with E-state index in [-0.39, 0.29) is 12.2 Å². The van der Waals surface area contributed by atoms with Crippen molar-refractivity contribution in [2.45, 2.75) is 51.2 Å². The molecule has 1 aliphatic carbocycles. The van der Waals surface area contributed by atoms with Gasteiger partial charge in [-0.3, -0.25) is 0 Å². The predicted octanol–water partition coefficient (Wildman–Crippen LogP) is 3.11. The molecule has 0 amide bonds. The van der Waals surface area contributed by atoms with Crippen molar-refractivity contribution in [2.24, 2.45) is 0 Å². The third-order valence-corrected chi connectivity index (χ3v) is 5.06. The Morgan fingerprint density at radius 1 is 1.28 bits per heavy atom. The summed E-state index contributed by atoms with van der Waals surface area (Å²) in [4.78, 5) is 13.7. The molecule has 1 atom stereocenters. The summed E-state index contributed by atoms with van der Waals surface area (Å²) in [6.07, 6.45) is 5.77. The Morgan fingerprint density at radius 2 is 2.04 bits per heavy atom. The molecule has 3 rings (SSSR count). The number of hydrogen-bond acceptors (Lipinski definition) is 5. The van der Waals surface area contributed by atoms with Crippen LogP contribution in [0.15, 0.2) is 33.5 Å². The van der Waals surface area contributed by atoms with Crippen LogP contribution in [0.25, 0.3) is 11.0 Å². The van der Waals surface area contributed by atoms with E-state index in [9.17, 15) is 9.90 Å². The van der Waals surface area contributed by atoms with Crippen LogP contribution < -0.4 is 10.4 Å². The van der Waals surface area contributed by atoms with Crippen molar-refractivity contribution < 1.29 is 14.3 Å². The number of aliphatic hydroxyl groups excluding tert-OH is 1. The van der Waals surface area contributed by atoms with Crippen LogP contribution in [0.1, 0.15) is 37.7 Å². The van der Waals surface area contributed by atoms with Gasteiger partial charge in [-0.2, -0.15) is 0 Å². The van der Waals surface area contributed by atoms with Crippen LogP contribution in [0.3, 0.4) is 0 Å². The molecule has 1 unspecified atom stereocenters. The zero-order valence-corrected chi connectivity index (χ0v) is 15.0. The van der Waals surface area contributed by atoms with Gasteiger partial charge in [-0.05, 0) is 44.5 Å². The minimum atomic E-state index is -0.549. The Balaban J connectivity index is 1.57. The number of hydrogen-bond donors (Lipinski definition) is 1. The maximum absolute atomic E-state index is 11.5. The van der Waals surface area contributed by atoms with Gasteiger partial charge in [-0.15, -0.1) is 0 Å². The van der Waals surface area contributed by atoms with Crippen LogP contribution in [-0.2, 0) is 0 Å². The van der Waals surface area contributed by atoms with Crippen molar-refractivity contribution >= 4 is 11.0 Å². The summed E-state index contributed by atoms with van der Waals surface area (Å²) in [5.41, 5.74) is 1.03. The predicted molar refractivity (Wildman–Crippen MR) is 98.2 cm³/mol. The quantitative estimate of drug-likeness (QED) is 0.815. The summed E-state index contributed by atoms with van der Waals surface area (Å²) in [6, 6.07) is 7.48. The number of likely N-dealkylation sites (N-methyl/N-ethyl adjacent to an activating group) is 1. The Morgan fingerprint density at radius 3 is 2.80 bits per heavy atom. The zero-order chi connectivity index (χ0) is 17.8. The lowest BCUT2D eigenvalue weighted by Gasteiger charge is -2.32. The first-order valence-corrected chi connectivity index (χ1v) is 9.08. The smallest absolute Gasteiger partial charge is 0.336 e. The summed E-state index contributed by atoms with van der Waals surface area (Å²) < 4.78 is 10.9. The van der Waals surface area contributed by atoms with E-state index in [1.807, 2.05) is 19.1 Å².